The smallest absolute Gasteiger partial charge is 0.257 e. The van der Waals surface area contributed by atoms with Crippen LogP contribution in [0.1, 0.15) is 23.0 Å². The molecule has 1 aliphatic heterocycles. The number of aromatic nitrogens is 1. The first-order chi connectivity index (χ1) is 8.22. The monoisotopic (exact) mass is 246 g/mol. The van der Waals surface area contributed by atoms with Gasteiger partial charge in [-0.25, -0.2) is 4.98 Å². The van der Waals surface area contributed by atoms with Crippen LogP contribution in [0.5, 0.6) is 0 Å². The summed E-state index contributed by atoms with van der Waals surface area (Å²) in [4.78, 5) is 18.4. The average Bonchev–Trinajstić information content (AvgIpc) is 2.66. The second kappa shape index (κ2) is 3.70. The lowest BCUT2D eigenvalue weighted by Gasteiger charge is -2.10. The van der Waals surface area contributed by atoms with Gasteiger partial charge in [0.1, 0.15) is 0 Å². The molecule has 0 unspecified atom stereocenters. The predicted molar refractivity (Wildman–Crippen MR) is 67.2 cm³/mol. The van der Waals surface area contributed by atoms with Crippen LogP contribution < -0.4 is 0 Å². The summed E-state index contributed by atoms with van der Waals surface area (Å²) in [5.74, 6) is -0.00856. The molecule has 1 aromatic carbocycles. The van der Waals surface area contributed by atoms with Gasteiger partial charge in [-0.3, -0.25) is 4.79 Å². The number of hydrogen-bond donors (Lipinski definition) is 0. The van der Waals surface area contributed by atoms with Gasteiger partial charge in [-0.2, -0.15) is 0 Å². The molecule has 3 nitrogen and oxygen atoms in total. The van der Waals surface area contributed by atoms with E-state index in [0.29, 0.717) is 23.7 Å². The number of amides is 1. The Morgan fingerprint density at radius 3 is 2.94 bits per heavy atom. The van der Waals surface area contributed by atoms with Crippen molar-refractivity contribution in [2.75, 3.05) is 6.54 Å². The molecule has 1 aliphatic rings. The highest BCUT2D eigenvalue weighted by atomic mass is 35.5. The summed E-state index contributed by atoms with van der Waals surface area (Å²) in [7, 11) is 0. The van der Waals surface area contributed by atoms with Gasteiger partial charge in [0, 0.05) is 11.9 Å². The minimum Gasteiger partial charge on any atom is -0.333 e. The van der Waals surface area contributed by atoms with E-state index in [1.165, 1.54) is 0 Å². The highest BCUT2D eigenvalue weighted by Gasteiger charge is 2.30. The van der Waals surface area contributed by atoms with E-state index in [0.717, 1.165) is 16.6 Å². The van der Waals surface area contributed by atoms with Crippen LogP contribution in [0.4, 0.5) is 0 Å². The molecule has 17 heavy (non-hydrogen) atoms. The first-order valence-corrected chi connectivity index (χ1v) is 5.96. The Hall–Kier alpha value is -1.61. The maximum absolute atomic E-state index is 12.1. The number of carbonyl (C=O) groups is 1. The van der Waals surface area contributed by atoms with E-state index in [1.54, 1.807) is 4.90 Å². The van der Waals surface area contributed by atoms with Crippen molar-refractivity contribution in [2.24, 2.45) is 0 Å². The first-order valence-electron chi connectivity index (χ1n) is 5.58. The fraction of sp³-hybridized carbons (Fsp3) is 0.231. The molecule has 1 aromatic heterocycles. The minimum atomic E-state index is -0.00856. The fourth-order valence-electron chi connectivity index (χ4n) is 2.22. The highest BCUT2D eigenvalue weighted by Crippen LogP contribution is 2.33. The lowest BCUT2D eigenvalue weighted by atomic mass is 10.1. The summed E-state index contributed by atoms with van der Waals surface area (Å²) in [6, 6.07) is 7.64. The summed E-state index contributed by atoms with van der Waals surface area (Å²) in [5.41, 5.74) is 2.22. The fourth-order valence-corrected chi connectivity index (χ4v) is 2.57. The minimum absolute atomic E-state index is 0.00856. The van der Waals surface area contributed by atoms with Gasteiger partial charge >= 0.3 is 0 Å². The van der Waals surface area contributed by atoms with Gasteiger partial charge in [0.15, 0.2) is 0 Å². The number of pyridine rings is 1. The third-order valence-electron chi connectivity index (χ3n) is 3.13. The quantitative estimate of drug-likeness (QED) is 0.775. The summed E-state index contributed by atoms with van der Waals surface area (Å²) in [6.45, 7) is 3.20. The average molecular weight is 247 g/mol. The highest BCUT2D eigenvalue weighted by molar-refractivity contribution is 6.38. The lowest BCUT2D eigenvalue weighted by molar-refractivity contribution is 0.0787. The molecule has 1 amide bonds. The molecule has 0 spiro atoms. The molecule has 0 radical (unpaired) electrons. The Morgan fingerprint density at radius 2 is 2.18 bits per heavy atom. The van der Waals surface area contributed by atoms with Crippen LogP contribution in [0, 0.1) is 0 Å². The zero-order chi connectivity index (χ0) is 12.0. The van der Waals surface area contributed by atoms with E-state index in [4.69, 9.17) is 11.6 Å². The van der Waals surface area contributed by atoms with Gasteiger partial charge in [0.25, 0.3) is 5.91 Å². The van der Waals surface area contributed by atoms with Crippen LogP contribution in [0.25, 0.3) is 10.9 Å². The number of rotatable bonds is 1. The molecule has 0 fully saturated rings. The van der Waals surface area contributed by atoms with Gasteiger partial charge in [0.2, 0.25) is 0 Å². The number of halogens is 1. The number of nitrogens with zero attached hydrogens (tertiary/aromatic N) is 2. The van der Waals surface area contributed by atoms with Crippen molar-refractivity contribution in [1.29, 1.82) is 0 Å². The van der Waals surface area contributed by atoms with Crippen LogP contribution in [-0.4, -0.2) is 22.3 Å². The topological polar surface area (TPSA) is 33.2 Å². The molecule has 0 bridgehead atoms. The lowest BCUT2D eigenvalue weighted by Crippen LogP contribution is -2.23. The van der Waals surface area contributed by atoms with E-state index in [9.17, 15) is 4.79 Å². The Labute approximate surface area is 104 Å². The van der Waals surface area contributed by atoms with E-state index in [2.05, 4.69) is 4.98 Å². The van der Waals surface area contributed by atoms with Gasteiger partial charge < -0.3 is 4.90 Å². The number of para-hydroxylation sites is 1. The molecule has 0 saturated heterocycles. The van der Waals surface area contributed by atoms with Crippen molar-refractivity contribution in [3.8, 4) is 0 Å². The van der Waals surface area contributed by atoms with Crippen molar-refractivity contribution in [3.05, 3.63) is 40.5 Å². The molecular weight excluding hydrogens is 236 g/mol. The summed E-state index contributed by atoms with van der Waals surface area (Å²) in [6.07, 6.45) is 0. The van der Waals surface area contributed by atoms with Crippen molar-refractivity contribution < 1.29 is 4.79 Å². The predicted octanol–water partition coefficient (Wildman–Crippen LogP) is 2.86. The van der Waals surface area contributed by atoms with Crippen molar-refractivity contribution in [3.63, 3.8) is 0 Å². The number of benzene rings is 1. The molecule has 2 heterocycles. The van der Waals surface area contributed by atoms with E-state index < -0.39 is 0 Å². The molecule has 86 valence electrons. The molecule has 0 N–H and O–H groups in total. The number of carbonyl (C=O) groups excluding carboxylic acids is 1. The molecule has 0 aliphatic carbocycles. The second-order valence-corrected chi connectivity index (χ2v) is 4.46. The Morgan fingerprint density at radius 1 is 1.41 bits per heavy atom. The van der Waals surface area contributed by atoms with Gasteiger partial charge in [-0.15, -0.1) is 0 Å². The van der Waals surface area contributed by atoms with Crippen LogP contribution in [0.3, 0.4) is 0 Å². The molecule has 3 rings (SSSR count). The summed E-state index contributed by atoms with van der Waals surface area (Å²) >= 11 is 6.32. The number of hydrogen-bond acceptors (Lipinski definition) is 2. The van der Waals surface area contributed by atoms with E-state index in [-0.39, 0.29) is 5.91 Å². The van der Waals surface area contributed by atoms with Gasteiger partial charge in [-0.05, 0) is 13.0 Å². The van der Waals surface area contributed by atoms with Crippen LogP contribution in [-0.2, 0) is 6.54 Å². The summed E-state index contributed by atoms with van der Waals surface area (Å²) < 4.78 is 0. The molecular formula is C13H11ClN2O. The third-order valence-corrected chi connectivity index (χ3v) is 3.52. The van der Waals surface area contributed by atoms with Crippen molar-refractivity contribution in [2.45, 2.75) is 13.5 Å². The zero-order valence-electron chi connectivity index (χ0n) is 9.40. The van der Waals surface area contributed by atoms with Crippen molar-refractivity contribution in [1.82, 2.24) is 9.88 Å². The standard InChI is InChI=1S/C13H11ClN2O/c1-2-16-7-10-11(13(16)17)12(14)8-5-3-4-6-9(8)15-10/h3-6H,2,7H2,1H3. The van der Waals surface area contributed by atoms with E-state index >= 15 is 0 Å². The van der Waals surface area contributed by atoms with Crippen LogP contribution in [0.15, 0.2) is 24.3 Å². The van der Waals surface area contributed by atoms with Crippen LogP contribution in [0.2, 0.25) is 5.02 Å². The van der Waals surface area contributed by atoms with Crippen LogP contribution >= 0.6 is 11.6 Å². The molecule has 0 saturated carbocycles. The zero-order valence-corrected chi connectivity index (χ0v) is 10.2. The maximum Gasteiger partial charge on any atom is 0.257 e. The summed E-state index contributed by atoms with van der Waals surface area (Å²) in [5, 5.41) is 1.38. The molecule has 4 heteroatoms. The second-order valence-electron chi connectivity index (χ2n) is 4.08. The largest absolute Gasteiger partial charge is 0.333 e. The Kier molecular flexibility index (Phi) is 2.30. The molecule has 2 aromatic rings. The Balaban J connectivity index is 2.31. The van der Waals surface area contributed by atoms with E-state index in [1.807, 2.05) is 31.2 Å². The number of fused-ring (bicyclic) bond motifs is 2. The maximum atomic E-state index is 12.1. The van der Waals surface area contributed by atoms with Gasteiger partial charge in [0.05, 0.1) is 28.3 Å². The normalized spacial score (nSPS) is 14.5. The first kappa shape index (κ1) is 10.5. The van der Waals surface area contributed by atoms with Crippen molar-refractivity contribution >= 4 is 28.4 Å². The Bertz CT molecular complexity index is 624. The third kappa shape index (κ3) is 1.42. The SMILES string of the molecule is CCN1Cc2nc3ccccc3c(Cl)c2C1=O. The van der Waals surface area contributed by atoms with Gasteiger partial charge in [-0.1, -0.05) is 29.8 Å². The molecule has 0 atom stereocenters.